The Morgan fingerprint density at radius 3 is 2.62 bits per heavy atom. The zero-order valence-corrected chi connectivity index (χ0v) is 19.2. The summed E-state index contributed by atoms with van der Waals surface area (Å²) in [4.78, 5) is 24.4. The highest BCUT2D eigenvalue weighted by Gasteiger charge is 2.21. The Morgan fingerprint density at radius 2 is 1.91 bits per heavy atom. The van der Waals surface area contributed by atoms with Gasteiger partial charge in [0, 0.05) is 23.7 Å². The second-order valence-electron chi connectivity index (χ2n) is 7.05. The van der Waals surface area contributed by atoms with Gasteiger partial charge in [-0.1, -0.05) is 17.4 Å². The van der Waals surface area contributed by atoms with Crippen LogP contribution in [-0.2, 0) is 11.3 Å². The van der Waals surface area contributed by atoms with Gasteiger partial charge < -0.3 is 4.74 Å². The third kappa shape index (κ3) is 5.44. The predicted octanol–water partition coefficient (Wildman–Crippen LogP) is 5.94. The van der Waals surface area contributed by atoms with Crippen molar-refractivity contribution in [2.75, 3.05) is 17.8 Å². The molecule has 0 fully saturated rings. The van der Waals surface area contributed by atoms with E-state index in [2.05, 4.69) is 9.97 Å². The number of methoxy groups -OCH3 is 1. The van der Waals surface area contributed by atoms with E-state index in [-0.39, 0.29) is 11.7 Å². The van der Waals surface area contributed by atoms with Crippen molar-refractivity contribution in [3.63, 3.8) is 0 Å². The number of carbonyl (C=O) groups is 1. The summed E-state index contributed by atoms with van der Waals surface area (Å²) < 4.78 is 20.1. The maximum atomic E-state index is 14.2. The van der Waals surface area contributed by atoms with Crippen LogP contribution in [0.3, 0.4) is 0 Å². The molecule has 0 atom stereocenters. The van der Waals surface area contributed by atoms with Crippen LogP contribution in [0.2, 0.25) is 0 Å². The summed E-state index contributed by atoms with van der Waals surface area (Å²) in [6.45, 7) is 0.369. The van der Waals surface area contributed by atoms with Crippen LogP contribution in [0, 0.1) is 5.82 Å². The molecule has 0 saturated carbocycles. The SMILES string of the molecule is COc1ccc(SCCCC(=O)N(Cc2ccncc2)c2nc3c(F)cccc3s2)cc1. The number of fused-ring (bicyclic) bond motifs is 1. The largest absolute Gasteiger partial charge is 0.497 e. The molecule has 0 aliphatic heterocycles. The molecule has 0 bridgehead atoms. The van der Waals surface area contributed by atoms with Gasteiger partial charge in [-0.05, 0) is 66.3 Å². The number of hydrogen-bond acceptors (Lipinski definition) is 6. The van der Waals surface area contributed by atoms with E-state index in [1.807, 2.05) is 42.5 Å². The molecule has 0 radical (unpaired) electrons. The van der Waals surface area contributed by atoms with Crippen molar-refractivity contribution in [1.82, 2.24) is 9.97 Å². The number of nitrogens with zero attached hydrogens (tertiary/aromatic N) is 3. The van der Waals surface area contributed by atoms with Gasteiger partial charge in [0.25, 0.3) is 0 Å². The number of ether oxygens (including phenoxy) is 1. The average Bonchev–Trinajstić information content (AvgIpc) is 3.26. The molecule has 0 N–H and O–H groups in total. The number of halogens is 1. The van der Waals surface area contributed by atoms with E-state index in [1.165, 1.54) is 17.4 Å². The highest BCUT2D eigenvalue weighted by molar-refractivity contribution is 7.99. The number of rotatable bonds is 9. The fourth-order valence-corrected chi connectivity index (χ4v) is 5.02. The number of thiazole rings is 1. The van der Waals surface area contributed by atoms with E-state index in [9.17, 15) is 9.18 Å². The molecule has 32 heavy (non-hydrogen) atoms. The third-order valence-corrected chi connectivity index (χ3v) is 6.99. The first-order chi connectivity index (χ1) is 15.6. The summed E-state index contributed by atoms with van der Waals surface area (Å²) in [6.07, 6.45) is 4.50. The molecular weight excluding hydrogens is 445 g/mol. The molecule has 2 aromatic carbocycles. The quantitative estimate of drug-likeness (QED) is 0.225. The molecule has 0 spiro atoms. The fourth-order valence-electron chi connectivity index (χ4n) is 3.17. The minimum atomic E-state index is -0.378. The van der Waals surface area contributed by atoms with Crippen molar-refractivity contribution in [2.45, 2.75) is 24.3 Å². The summed E-state index contributed by atoms with van der Waals surface area (Å²) >= 11 is 3.03. The molecule has 0 unspecified atom stereocenters. The Kier molecular flexibility index (Phi) is 7.34. The van der Waals surface area contributed by atoms with Crippen molar-refractivity contribution in [3.05, 3.63) is 78.4 Å². The number of pyridine rings is 1. The van der Waals surface area contributed by atoms with E-state index in [4.69, 9.17) is 4.74 Å². The number of aromatic nitrogens is 2. The summed E-state index contributed by atoms with van der Waals surface area (Å²) in [5.74, 6) is 1.23. The van der Waals surface area contributed by atoms with Crippen LogP contribution in [0.25, 0.3) is 10.2 Å². The van der Waals surface area contributed by atoms with E-state index in [0.29, 0.717) is 23.6 Å². The molecule has 4 aromatic rings. The van der Waals surface area contributed by atoms with E-state index >= 15 is 0 Å². The van der Waals surface area contributed by atoms with Gasteiger partial charge in [-0.15, -0.1) is 11.8 Å². The number of anilines is 1. The highest BCUT2D eigenvalue weighted by Crippen LogP contribution is 2.32. The molecule has 0 saturated heterocycles. The van der Waals surface area contributed by atoms with Crippen LogP contribution >= 0.6 is 23.1 Å². The van der Waals surface area contributed by atoms with Gasteiger partial charge in [0.15, 0.2) is 5.13 Å². The van der Waals surface area contributed by atoms with Crippen LogP contribution in [0.5, 0.6) is 5.75 Å². The Hall–Kier alpha value is -2.97. The first kappa shape index (κ1) is 22.2. The molecular formula is C24H22FN3O2S2. The predicted molar refractivity (Wildman–Crippen MR) is 128 cm³/mol. The van der Waals surface area contributed by atoms with E-state index < -0.39 is 0 Å². The topological polar surface area (TPSA) is 55.3 Å². The molecule has 4 rings (SSSR count). The average molecular weight is 468 g/mol. The lowest BCUT2D eigenvalue weighted by molar-refractivity contribution is -0.118. The van der Waals surface area contributed by atoms with E-state index in [0.717, 1.165) is 33.1 Å². The first-order valence-corrected chi connectivity index (χ1v) is 12.0. The Bertz CT molecular complexity index is 1180. The number of hydrogen-bond donors (Lipinski definition) is 0. The summed E-state index contributed by atoms with van der Waals surface area (Å²) in [6, 6.07) is 16.5. The number of para-hydroxylation sites is 1. The van der Waals surface area contributed by atoms with Crippen molar-refractivity contribution in [1.29, 1.82) is 0 Å². The fraction of sp³-hybridized carbons (Fsp3) is 0.208. The maximum absolute atomic E-state index is 14.2. The van der Waals surface area contributed by atoms with Crippen molar-refractivity contribution in [2.24, 2.45) is 0 Å². The number of amides is 1. The molecule has 5 nitrogen and oxygen atoms in total. The van der Waals surface area contributed by atoms with Crippen LogP contribution in [0.15, 0.2) is 71.9 Å². The first-order valence-electron chi connectivity index (χ1n) is 10.2. The van der Waals surface area contributed by atoms with Gasteiger partial charge in [-0.3, -0.25) is 14.7 Å². The smallest absolute Gasteiger partial charge is 0.229 e. The molecule has 164 valence electrons. The van der Waals surface area contributed by atoms with Gasteiger partial charge >= 0.3 is 0 Å². The van der Waals surface area contributed by atoms with Gasteiger partial charge in [0.05, 0.1) is 18.4 Å². The second-order valence-corrected chi connectivity index (χ2v) is 9.22. The molecule has 2 aromatic heterocycles. The summed E-state index contributed by atoms with van der Waals surface area (Å²) in [5, 5.41) is 0.509. The highest BCUT2D eigenvalue weighted by atomic mass is 32.2. The summed E-state index contributed by atoms with van der Waals surface area (Å²) in [7, 11) is 1.64. The molecule has 0 aliphatic carbocycles. The lowest BCUT2D eigenvalue weighted by Gasteiger charge is -2.20. The van der Waals surface area contributed by atoms with E-state index in [1.54, 1.807) is 42.2 Å². The van der Waals surface area contributed by atoms with Crippen molar-refractivity contribution < 1.29 is 13.9 Å². The minimum absolute atomic E-state index is 0.0309. The zero-order chi connectivity index (χ0) is 22.3. The normalized spacial score (nSPS) is 10.9. The zero-order valence-electron chi connectivity index (χ0n) is 17.5. The van der Waals surface area contributed by atoms with Gasteiger partial charge in [0.1, 0.15) is 17.1 Å². The van der Waals surface area contributed by atoms with Gasteiger partial charge in [-0.2, -0.15) is 0 Å². The second kappa shape index (κ2) is 10.6. The molecule has 1 amide bonds. The number of thioether (sulfide) groups is 1. The van der Waals surface area contributed by atoms with Gasteiger partial charge in [-0.25, -0.2) is 9.37 Å². The third-order valence-electron chi connectivity index (χ3n) is 4.84. The Labute approximate surface area is 194 Å². The summed E-state index contributed by atoms with van der Waals surface area (Å²) in [5.41, 5.74) is 1.25. The van der Waals surface area contributed by atoms with Crippen LogP contribution < -0.4 is 9.64 Å². The minimum Gasteiger partial charge on any atom is -0.497 e. The lowest BCUT2D eigenvalue weighted by atomic mass is 10.2. The molecule has 8 heteroatoms. The van der Waals surface area contributed by atoms with Crippen LogP contribution in [0.4, 0.5) is 9.52 Å². The van der Waals surface area contributed by atoms with Crippen molar-refractivity contribution >= 4 is 44.4 Å². The number of benzene rings is 2. The Morgan fingerprint density at radius 1 is 1.12 bits per heavy atom. The van der Waals surface area contributed by atoms with Crippen LogP contribution in [0.1, 0.15) is 18.4 Å². The lowest BCUT2D eigenvalue weighted by Crippen LogP contribution is -2.30. The maximum Gasteiger partial charge on any atom is 0.229 e. The standard InChI is InChI=1S/C24H22FN3O2S2/c1-30-18-7-9-19(10-8-18)31-15-3-6-22(29)28(16-17-11-13-26-14-12-17)24-27-23-20(25)4-2-5-21(23)32-24/h2,4-5,7-14H,3,6,15-16H2,1H3. The number of carbonyl (C=O) groups excluding carboxylic acids is 1. The van der Waals surface area contributed by atoms with Crippen molar-refractivity contribution in [3.8, 4) is 5.75 Å². The Balaban J connectivity index is 1.44. The van der Waals surface area contributed by atoms with Gasteiger partial charge in [0.2, 0.25) is 5.91 Å². The monoisotopic (exact) mass is 467 g/mol. The molecule has 2 heterocycles. The molecule has 0 aliphatic rings. The van der Waals surface area contributed by atoms with Crippen LogP contribution in [-0.4, -0.2) is 28.7 Å².